The standard InChI is InChI=1S/C12H22F3NO2S/c1-2-3-4-5-9-16-10-7-6-8-11(10)19(17,18)12(13,14)15/h10-11,16H,2-9H2,1H3/t10-,11-/m1/s1. The number of alkyl halides is 3. The highest BCUT2D eigenvalue weighted by Crippen LogP contribution is 2.35. The number of sulfone groups is 1. The summed E-state index contributed by atoms with van der Waals surface area (Å²) in [6.45, 7) is 2.67. The van der Waals surface area contributed by atoms with Crippen molar-refractivity contribution >= 4 is 9.84 Å². The van der Waals surface area contributed by atoms with Crippen molar-refractivity contribution in [1.82, 2.24) is 5.32 Å². The Balaban J connectivity index is 2.51. The molecule has 1 aliphatic carbocycles. The molecule has 1 rings (SSSR count). The molecular formula is C12H22F3NO2S. The molecule has 1 fully saturated rings. The molecule has 1 saturated carbocycles. The molecule has 0 aromatic rings. The smallest absolute Gasteiger partial charge is 0.313 e. The minimum atomic E-state index is -5.13. The van der Waals surface area contributed by atoms with Gasteiger partial charge in [-0.2, -0.15) is 13.2 Å². The summed E-state index contributed by atoms with van der Waals surface area (Å²) in [5, 5.41) is 1.68. The van der Waals surface area contributed by atoms with Crippen LogP contribution in [0.15, 0.2) is 0 Å². The maximum atomic E-state index is 12.5. The zero-order chi connectivity index (χ0) is 14.5. The Kier molecular flexibility index (Phi) is 6.11. The van der Waals surface area contributed by atoms with E-state index in [9.17, 15) is 21.6 Å². The van der Waals surface area contributed by atoms with Gasteiger partial charge in [0.2, 0.25) is 0 Å². The van der Waals surface area contributed by atoms with Gasteiger partial charge in [-0.3, -0.25) is 0 Å². The van der Waals surface area contributed by atoms with E-state index in [4.69, 9.17) is 0 Å². The fraction of sp³-hybridized carbons (Fsp3) is 1.00. The molecule has 1 aliphatic rings. The SMILES string of the molecule is CCCCCCN[C@@H]1CCC[C@H]1S(=O)(=O)C(F)(F)F. The molecule has 0 saturated heterocycles. The van der Waals surface area contributed by atoms with Gasteiger partial charge in [-0.05, 0) is 25.8 Å². The molecule has 0 unspecified atom stereocenters. The average molecular weight is 301 g/mol. The Labute approximate surface area is 112 Å². The fourth-order valence-electron chi connectivity index (χ4n) is 2.54. The number of hydrogen-bond acceptors (Lipinski definition) is 3. The van der Waals surface area contributed by atoms with E-state index in [-0.39, 0.29) is 6.42 Å². The van der Waals surface area contributed by atoms with Crippen LogP contribution < -0.4 is 5.32 Å². The highest BCUT2D eigenvalue weighted by Gasteiger charge is 2.53. The van der Waals surface area contributed by atoms with Crippen LogP contribution in [0.1, 0.15) is 51.9 Å². The lowest BCUT2D eigenvalue weighted by molar-refractivity contribution is -0.0446. The number of unbranched alkanes of at least 4 members (excludes halogenated alkanes) is 3. The van der Waals surface area contributed by atoms with E-state index < -0.39 is 26.6 Å². The summed E-state index contributed by atoms with van der Waals surface area (Å²) in [6.07, 6.45) is 5.23. The lowest BCUT2D eigenvalue weighted by Crippen LogP contribution is -2.45. The van der Waals surface area contributed by atoms with Crippen LogP contribution in [0.5, 0.6) is 0 Å². The fourth-order valence-corrected chi connectivity index (χ4v) is 4.03. The minimum Gasteiger partial charge on any atom is -0.313 e. The molecule has 0 aromatic carbocycles. The van der Waals surface area contributed by atoms with E-state index in [1.807, 2.05) is 0 Å². The van der Waals surface area contributed by atoms with Crippen molar-refractivity contribution in [2.24, 2.45) is 0 Å². The van der Waals surface area contributed by atoms with Crippen molar-refractivity contribution in [3.8, 4) is 0 Å². The first-order chi connectivity index (χ1) is 8.80. The van der Waals surface area contributed by atoms with Gasteiger partial charge in [0.05, 0.1) is 5.25 Å². The highest BCUT2D eigenvalue weighted by atomic mass is 32.2. The van der Waals surface area contributed by atoms with Gasteiger partial charge >= 0.3 is 5.51 Å². The van der Waals surface area contributed by atoms with E-state index in [2.05, 4.69) is 12.2 Å². The third-order valence-electron chi connectivity index (χ3n) is 3.61. The van der Waals surface area contributed by atoms with E-state index >= 15 is 0 Å². The quantitative estimate of drug-likeness (QED) is 0.735. The first kappa shape index (κ1) is 16.8. The first-order valence-corrected chi connectivity index (χ1v) is 8.39. The molecule has 7 heteroatoms. The third kappa shape index (κ3) is 4.34. The normalized spacial score (nSPS) is 24.8. The molecule has 0 heterocycles. The van der Waals surface area contributed by atoms with E-state index in [1.54, 1.807) is 0 Å². The summed E-state index contributed by atoms with van der Waals surface area (Å²) in [6, 6.07) is -0.548. The van der Waals surface area contributed by atoms with Gasteiger partial charge in [-0.15, -0.1) is 0 Å². The van der Waals surface area contributed by atoms with Crippen molar-refractivity contribution in [3.63, 3.8) is 0 Å². The highest BCUT2D eigenvalue weighted by molar-refractivity contribution is 7.92. The number of halogens is 3. The molecule has 3 nitrogen and oxygen atoms in total. The topological polar surface area (TPSA) is 46.2 Å². The minimum absolute atomic E-state index is 0.106. The number of nitrogens with one attached hydrogen (secondary N) is 1. The van der Waals surface area contributed by atoms with Crippen molar-refractivity contribution in [3.05, 3.63) is 0 Å². The second-order valence-electron chi connectivity index (χ2n) is 5.08. The molecule has 0 spiro atoms. The van der Waals surface area contributed by atoms with E-state index in [0.29, 0.717) is 19.4 Å². The summed E-state index contributed by atoms with van der Waals surface area (Å²) in [5.41, 5.74) is -5.13. The predicted molar refractivity (Wildman–Crippen MR) is 68.5 cm³/mol. The Bertz CT molecular complexity index is 368. The van der Waals surface area contributed by atoms with Gasteiger partial charge in [0.15, 0.2) is 0 Å². The molecule has 19 heavy (non-hydrogen) atoms. The van der Waals surface area contributed by atoms with Crippen LogP contribution in [0.25, 0.3) is 0 Å². The number of hydrogen-bond donors (Lipinski definition) is 1. The monoisotopic (exact) mass is 301 g/mol. The summed E-state index contributed by atoms with van der Waals surface area (Å²) in [4.78, 5) is 0. The van der Waals surface area contributed by atoms with Crippen LogP contribution in [0.2, 0.25) is 0 Å². The summed E-state index contributed by atoms with van der Waals surface area (Å²) in [7, 11) is -5.04. The number of rotatable bonds is 7. The molecule has 0 bridgehead atoms. The molecule has 0 aromatic heterocycles. The van der Waals surface area contributed by atoms with E-state index in [1.165, 1.54) is 0 Å². The van der Waals surface area contributed by atoms with Crippen molar-refractivity contribution < 1.29 is 21.6 Å². The van der Waals surface area contributed by atoms with Crippen molar-refractivity contribution in [2.75, 3.05) is 6.54 Å². The lowest BCUT2D eigenvalue weighted by Gasteiger charge is -2.22. The zero-order valence-corrected chi connectivity index (χ0v) is 12.0. The summed E-state index contributed by atoms with van der Waals surface area (Å²) >= 11 is 0. The van der Waals surface area contributed by atoms with Gasteiger partial charge in [0.25, 0.3) is 9.84 Å². The second kappa shape index (κ2) is 6.92. The van der Waals surface area contributed by atoms with Crippen LogP contribution in [-0.4, -0.2) is 31.8 Å². The predicted octanol–water partition coefficient (Wildman–Crippen LogP) is 3.01. The molecule has 0 radical (unpaired) electrons. The van der Waals surface area contributed by atoms with Gasteiger partial charge in [0, 0.05) is 6.04 Å². The second-order valence-corrected chi connectivity index (χ2v) is 7.24. The summed E-state index contributed by atoms with van der Waals surface area (Å²) in [5.74, 6) is 0. The molecule has 0 amide bonds. The maximum Gasteiger partial charge on any atom is 0.497 e. The average Bonchev–Trinajstić information content (AvgIpc) is 2.76. The van der Waals surface area contributed by atoms with E-state index in [0.717, 1.165) is 25.7 Å². The third-order valence-corrected chi connectivity index (χ3v) is 5.62. The van der Waals surface area contributed by atoms with Gasteiger partial charge in [-0.1, -0.05) is 32.6 Å². The van der Waals surface area contributed by atoms with Gasteiger partial charge in [0.1, 0.15) is 0 Å². The Hall–Kier alpha value is -0.300. The molecule has 0 aliphatic heterocycles. The molecule has 2 atom stereocenters. The van der Waals surface area contributed by atoms with Crippen LogP contribution in [0.3, 0.4) is 0 Å². The van der Waals surface area contributed by atoms with Crippen LogP contribution in [0.4, 0.5) is 13.2 Å². The van der Waals surface area contributed by atoms with Crippen molar-refractivity contribution in [1.29, 1.82) is 0 Å². The van der Waals surface area contributed by atoms with Crippen molar-refractivity contribution in [2.45, 2.75) is 68.7 Å². The summed E-state index contributed by atoms with van der Waals surface area (Å²) < 4.78 is 60.5. The Morgan fingerprint density at radius 1 is 1.16 bits per heavy atom. The molecular weight excluding hydrogens is 279 g/mol. The van der Waals surface area contributed by atoms with Gasteiger partial charge < -0.3 is 5.32 Å². The lowest BCUT2D eigenvalue weighted by atomic mass is 10.2. The first-order valence-electron chi connectivity index (χ1n) is 6.84. The largest absolute Gasteiger partial charge is 0.497 e. The van der Waals surface area contributed by atoms with Gasteiger partial charge in [-0.25, -0.2) is 8.42 Å². The maximum absolute atomic E-state index is 12.5. The Morgan fingerprint density at radius 2 is 1.84 bits per heavy atom. The van der Waals surface area contributed by atoms with Crippen LogP contribution >= 0.6 is 0 Å². The molecule has 114 valence electrons. The zero-order valence-electron chi connectivity index (χ0n) is 11.2. The Morgan fingerprint density at radius 3 is 2.42 bits per heavy atom. The van der Waals surface area contributed by atoms with Crippen LogP contribution in [-0.2, 0) is 9.84 Å². The van der Waals surface area contributed by atoms with Crippen LogP contribution in [0, 0.1) is 0 Å². The molecule has 1 N–H and O–H groups in total.